The Kier molecular flexibility index (Phi) is 9.77. The Morgan fingerprint density at radius 3 is 2.24 bits per heavy atom. The summed E-state index contributed by atoms with van der Waals surface area (Å²) in [5.74, 6) is -0.197. The van der Waals surface area contributed by atoms with Gasteiger partial charge in [0.15, 0.2) is 0 Å². The molecule has 0 fully saturated rings. The number of hydrogen-bond acceptors (Lipinski definition) is 5. The van der Waals surface area contributed by atoms with E-state index in [2.05, 4.69) is 5.32 Å². The summed E-state index contributed by atoms with van der Waals surface area (Å²) in [6.07, 6.45) is 0.343. The molecule has 3 aromatic carbocycles. The fourth-order valence-corrected chi connectivity index (χ4v) is 5.59. The standard InChI is InChI=1S/C28H32ClN3O5S/c1-5-26(28(34)30-3)31(18-21-9-13-24(37-4)14-10-21)27(33)19-32(23-8-6-7-20(2)17-23)38(35,36)25-15-11-22(29)12-16-25/h6-17,26H,5,18-19H2,1-4H3,(H,30,34). The molecule has 38 heavy (non-hydrogen) atoms. The number of ether oxygens (including phenoxy) is 1. The van der Waals surface area contributed by atoms with Crippen molar-refractivity contribution in [1.82, 2.24) is 10.2 Å². The van der Waals surface area contributed by atoms with Crippen molar-refractivity contribution in [3.8, 4) is 5.75 Å². The normalized spacial score (nSPS) is 11.9. The molecule has 1 N–H and O–H groups in total. The first kappa shape index (κ1) is 29.0. The van der Waals surface area contributed by atoms with E-state index in [-0.39, 0.29) is 17.3 Å². The highest BCUT2D eigenvalue weighted by Gasteiger charge is 2.33. The number of halogens is 1. The van der Waals surface area contributed by atoms with E-state index < -0.39 is 28.5 Å². The van der Waals surface area contributed by atoms with Crippen LogP contribution in [0.5, 0.6) is 5.75 Å². The molecule has 0 saturated carbocycles. The van der Waals surface area contributed by atoms with Crippen LogP contribution in [0.3, 0.4) is 0 Å². The predicted octanol–water partition coefficient (Wildman–Crippen LogP) is 4.41. The van der Waals surface area contributed by atoms with Gasteiger partial charge in [-0.25, -0.2) is 8.42 Å². The Morgan fingerprint density at radius 1 is 1.03 bits per heavy atom. The average Bonchev–Trinajstić information content (AvgIpc) is 2.91. The molecule has 0 saturated heterocycles. The topological polar surface area (TPSA) is 96.0 Å². The molecular weight excluding hydrogens is 526 g/mol. The predicted molar refractivity (Wildman–Crippen MR) is 149 cm³/mol. The highest BCUT2D eigenvalue weighted by Crippen LogP contribution is 2.26. The summed E-state index contributed by atoms with van der Waals surface area (Å²) in [6, 6.07) is 19.0. The van der Waals surface area contributed by atoms with Crippen LogP contribution in [0, 0.1) is 6.92 Å². The maximum absolute atomic E-state index is 13.9. The lowest BCUT2D eigenvalue weighted by Crippen LogP contribution is -2.51. The number of rotatable bonds is 11. The maximum atomic E-state index is 13.9. The second kappa shape index (κ2) is 12.8. The molecule has 202 valence electrons. The Balaban J connectivity index is 2.04. The van der Waals surface area contributed by atoms with Gasteiger partial charge in [-0.3, -0.25) is 13.9 Å². The molecule has 0 aliphatic carbocycles. The van der Waals surface area contributed by atoms with Gasteiger partial charge in [0.1, 0.15) is 18.3 Å². The van der Waals surface area contributed by atoms with Gasteiger partial charge in [0.2, 0.25) is 11.8 Å². The average molecular weight is 558 g/mol. The molecule has 0 radical (unpaired) electrons. The third-order valence-electron chi connectivity index (χ3n) is 6.11. The van der Waals surface area contributed by atoms with E-state index in [0.29, 0.717) is 22.9 Å². The van der Waals surface area contributed by atoms with Crippen LogP contribution >= 0.6 is 11.6 Å². The van der Waals surface area contributed by atoms with Crippen LogP contribution in [0.1, 0.15) is 24.5 Å². The molecule has 8 nitrogen and oxygen atoms in total. The summed E-state index contributed by atoms with van der Waals surface area (Å²) in [5.41, 5.74) is 1.94. The third-order valence-corrected chi connectivity index (χ3v) is 8.15. The van der Waals surface area contributed by atoms with Crippen LogP contribution in [0.25, 0.3) is 0 Å². The number of amides is 2. The zero-order valence-electron chi connectivity index (χ0n) is 21.8. The number of aryl methyl sites for hydroxylation is 1. The molecule has 10 heteroatoms. The molecule has 0 heterocycles. The molecule has 3 rings (SSSR count). The van der Waals surface area contributed by atoms with Gasteiger partial charge in [-0.15, -0.1) is 0 Å². The molecule has 1 unspecified atom stereocenters. The fourth-order valence-electron chi connectivity index (χ4n) is 4.06. The third kappa shape index (κ3) is 6.85. The lowest BCUT2D eigenvalue weighted by Gasteiger charge is -2.33. The minimum Gasteiger partial charge on any atom is -0.497 e. The summed E-state index contributed by atoms with van der Waals surface area (Å²) in [7, 11) is -1.08. The van der Waals surface area contributed by atoms with Gasteiger partial charge in [0, 0.05) is 18.6 Å². The number of benzene rings is 3. The first-order chi connectivity index (χ1) is 18.1. The van der Waals surface area contributed by atoms with Crippen molar-refractivity contribution in [2.24, 2.45) is 0 Å². The lowest BCUT2D eigenvalue weighted by molar-refractivity contribution is -0.140. The van der Waals surface area contributed by atoms with E-state index in [1.54, 1.807) is 56.5 Å². The Hall–Kier alpha value is -3.56. The number of carbonyl (C=O) groups is 2. The van der Waals surface area contributed by atoms with E-state index in [1.807, 2.05) is 13.0 Å². The minimum atomic E-state index is -4.15. The van der Waals surface area contributed by atoms with Crippen LogP contribution in [0.4, 0.5) is 5.69 Å². The first-order valence-electron chi connectivity index (χ1n) is 12.1. The van der Waals surface area contributed by atoms with Crippen molar-refractivity contribution in [3.63, 3.8) is 0 Å². The van der Waals surface area contributed by atoms with Crippen molar-refractivity contribution in [1.29, 1.82) is 0 Å². The number of methoxy groups -OCH3 is 1. The Bertz CT molecular complexity index is 1360. The van der Waals surface area contributed by atoms with Crippen LogP contribution in [-0.4, -0.2) is 51.9 Å². The quantitative estimate of drug-likeness (QED) is 0.377. The first-order valence-corrected chi connectivity index (χ1v) is 13.9. The molecule has 2 amide bonds. The summed E-state index contributed by atoms with van der Waals surface area (Å²) >= 11 is 5.98. The van der Waals surface area contributed by atoms with E-state index in [0.717, 1.165) is 15.4 Å². The van der Waals surface area contributed by atoms with Gasteiger partial charge in [0.25, 0.3) is 10.0 Å². The molecule has 0 aliphatic rings. The minimum absolute atomic E-state index is 0.00347. The maximum Gasteiger partial charge on any atom is 0.264 e. The zero-order valence-corrected chi connectivity index (χ0v) is 23.4. The highest BCUT2D eigenvalue weighted by atomic mass is 35.5. The van der Waals surface area contributed by atoms with Crippen molar-refractivity contribution in [2.75, 3.05) is 25.0 Å². The van der Waals surface area contributed by atoms with E-state index in [9.17, 15) is 18.0 Å². The fraction of sp³-hybridized carbons (Fsp3) is 0.286. The number of nitrogens with one attached hydrogen (secondary N) is 1. The number of carbonyl (C=O) groups excluding carboxylic acids is 2. The van der Waals surface area contributed by atoms with Crippen molar-refractivity contribution >= 4 is 39.1 Å². The number of anilines is 1. The molecule has 0 spiro atoms. The Morgan fingerprint density at radius 2 is 1.68 bits per heavy atom. The zero-order chi connectivity index (χ0) is 27.9. The van der Waals surface area contributed by atoms with Gasteiger partial charge >= 0.3 is 0 Å². The van der Waals surface area contributed by atoms with Gasteiger partial charge in [0.05, 0.1) is 17.7 Å². The number of hydrogen-bond donors (Lipinski definition) is 1. The van der Waals surface area contributed by atoms with E-state index in [1.165, 1.54) is 36.2 Å². The second-order valence-corrected chi connectivity index (χ2v) is 11.0. The van der Waals surface area contributed by atoms with Gasteiger partial charge in [-0.1, -0.05) is 42.8 Å². The summed E-state index contributed by atoms with van der Waals surface area (Å²) in [6.45, 7) is 3.25. The number of nitrogens with zero attached hydrogens (tertiary/aromatic N) is 2. The van der Waals surface area contributed by atoms with Crippen LogP contribution in [-0.2, 0) is 26.2 Å². The van der Waals surface area contributed by atoms with Crippen molar-refractivity contribution in [2.45, 2.75) is 37.8 Å². The lowest BCUT2D eigenvalue weighted by atomic mass is 10.1. The number of likely N-dealkylation sites (N-methyl/N-ethyl adjacent to an activating group) is 1. The monoisotopic (exact) mass is 557 g/mol. The van der Waals surface area contributed by atoms with Gasteiger partial charge < -0.3 is 15.0 Å². The van der Waals surface area contributed by atoms with Crippen LogP contribution < -0.4 is 14.4 Å². The largest absolute Gasteiger partial charge is 0.497 e. The molecular formula is C28H32ClN3O5S. The van der Waals surface area contributed by atoms with Gasteiger partial charge in [-0.05, 0) is 73.0 Å². The highest BCUT2D eigenvalue weighted by molar-refractivity contribution is 7.92. The molecule has 3 aromatic rings. The smallest absolute Gasteiger partial charge is 0.264 e. The van der Waals surface area contributed by atoms with Crippen LogP contribution in [0.2, 0.25) is 5.02 Å². The van der Waals surface area contributed by atoms with E-state index in [4.69, 9.17) is 16.3 Å². The Labute approximate surface area is 229 Å². The summed E-state index contributed by atoms with van der Waals surface area (Å²) in [4.78, 5) is 28.1. The number of sulfonamides is 1. The summed E-state index contributed by atoms with van der Waals surface area (Å²) in [5, 5.41) is 3.00. The molecule has 0 aromatic heterocycles. The molecule has 0 bridgehead atoms. The molecule has 1 atom stereocenters. The van der Waals surface area contributed by atoms with E-state index >= 15 is 0 Å². The van der Waals surface area contributed by atoms with Crippen molar-refractivity contribution < 1.29 is 22.7 Å². The van der Waals surface area contributed by atoms with Gasteiger partial charge in [-0.2, -0.15) is 0 Å². The molecule has 0 aliphatic heterocycles. The summed E-state index contributed by atoms with van der Waals surface area (Å²) < 4.78 is 33.9. The SMILES string of the molecule is CCC(C(=O)NC)N(Cc1ccc(OC)cc1)C(=O)CN(c1cccc(C)c1)S(=O)(=O)c1ccc(Cl)cc1. The van der Waals surface area contributed by atoms with Crippen LogP contribution in [0.15, 0.2) is 77.7 Å². The van der Waals surface area contributed by atoms with Crippen molar-refractivity contribution in [3.05, 3.63) is 88.9 Å². The second-order valence-electron chi connectivity index (χ2n) is 8.71.